The van der Waals surface area contributed by atoms with Gasteiger partial charge in [0.05, 0.1) is 12.7 Å². The highest BCUT2D eigenvalue weighted by molar-refractivity contribution is 9.10. The quantitative estimate of drug-likeness (QED) is 0.504. The Hall–Kier alpha value is -0.380. The molecule has 22 heavy (non-hydrogen) atoms. The summed E-state index contributed by atoms with van der Waals surface area (Å²) in [6.07, 6.45) is 9.39. The highest BCUT2D eigenvalue weighted by Gasteiger charge is 2.29. The summed E-state index contributed by atoms with van der Waals surface area (Å²) in [6, 6.07) is 8.20. The molecular weight excluding hydrogens is 340 g/mol. The van der Waals surface area contributed by atoms with E-state index in [-0.39, 0.29) is 12.4 Å². The molecule has 2 nitrogen and oxygen atoms in total. The zero-order chi connectivity index (χ0) is 15.8. The van der Waals surface area contributed by atoms with E-state index in [1.165, 1.54) is 44.9 Å². The Balaban J connectivity index is 1.70. The van der Waals surface area contributed by atoms with Gasteiger partial charge in [-0.25, -0.2) is 0 Å². The molecule has 0 bridgehead atoms. The van der Waals surface area contributed by atoms with Crippen molar-refractivity contribution < 1.29 is 9.47 Å². The molecule has 0 N–H and O–H groups in total. The molecule has 1 fully saturated rings. The van der Waals surface area contributed by atoms with Gasteiger partial charge in [-0.05, 0) is 25.5 Å². The van der Waals surface area contributed by atoms with Crippen LogP contribution in [0.25, 0.3) is 0 Å². The molecular formula is C19H29BrO2. The van der Waals surface area contributed by atoms with Crippen LogP contribution >= 0.6 is 15.9 Å². The molecule has 1 aromatic carbocycles. The van der Waals surface area contributed by atoms with Crippen molar-refractivity contribution >= 4 is 15.9 Å². The van der Waals surface area contributed by atoms with Gasteiger partial charge >= 0.3 is 0 Å². The van der Waals surface area contributed by atoms with Crippen molar-refractivity contribution in [1.82, 2.24) is 0 Å². The summed E-state index contributed by atoms with van der Waals surface area (Å²) in [5.41, 5.74) is 1.10. The molecule has 0 radical (unpaired) electrons. The SMILES string of the molecule is CCCCCCCCC1COC(c2ccc(Br)cc2)OC1C. The van der Waals surface area contributed by atoms with Crippen molar-refractivity contribution in [3.05, 3.63) is 34.3 Å². The van der Waals surface area contributed by atoms with Crippen LogP contribution in [-0.4, -0.2) is 12.7 Å². The van der Waals surface area contributed by atoms with Crippen LogP contribution in [0, 0.1) is 5.92 Å². The maximum absolute atomic E-state index is 6.08. The second-order valence-electron chi connectivity index (χ2n) is 6.37. The average molecular weight is 369 g/mol. The fourth-order valence-electron chi connectivity index (χ4n) is 2.99. The molecule has 3 heteroatoms. The first-order chi connectivity index (χ1) is 10.7. The Morgan fingerprint density at radius 3 is 2.41 bits per heavy atom. The molecule has 3 unspecified atom stereocenters. The molecule has 1 aliphatic rings. The summed E-state index contributed by atoms with van der Waals surface area (Å²) < 4.78 is 13.1. The minimum absolute atomic E-state index is 0.205. The molecule has 2 rings (SSSR count). The van der Waals surface area contributed by atoms with E-state index in [2.05, 4.69) is 41.9 Å². The summed E-state index contributed by atoms with van der Waals surface area (Å²) >= 11 is 3.46. The smallest absolute Gasteiger partial charge is 0.184 e. The van der Waals surface area contributed by atoms with Crippen molar-refractivity contribution in [3.63, 3.8) is 0 Å². The van der Waals surface area contributed by atoms with Gasteiger partial charge in [-0.1, -0.05) is 73.5 Å². The van der Waals surface area contributed by atoms with Crippen LogP contribution < -0.4 is 0 Å². The molecule has 0 aromatic heterocycles. The van der Waals surface area contributed by atoms with Crippen LogP contribution in [0.3, 0.4) is 0 Å². The predicted molar refractivity (Wildman–Crippen MR) is 94.9 cm³/mol. The highest BCUT2D eigenvalue weighted by Crippen LogP contribution is 2.32. The van der Waals surface area contributed by atoms with Crippen molar-refractivity contribution in [1.29, 1.82) is 0 Å². The monoisotopic (exact) mass is 368 g/mol. The highest BCUT2D eigenvalue weighted by atomic mass is 79.9. The van der Waals surface area contributed by atoms with E-state index in [4.69, 9.17) is 9.47 Å². The van der Waals surface area contributed by atoms with E-state index < -0.39 is 0 Å². The average Bonchev–Trinajstić information content (AvgIpc) is 2.53. The van der Waals surface area contributed by atoms with E-state index in [0.29, 0.717) is 5.92 Å². The van der Waals surface area contributed by atoms with Gasteiger partial charge in [0.15, 0.2) is 6.29 Å². The molecule has 0 amide bonds. The third-order valence-electron chi connectivity index (χ3n) is 4.53. The van der Waals surface area contributed by atoms with E-state index in [1.807, 2.05) is 12.1 Å². The number of halogens is 1. The number of rotatable bonds is 8. The Bertz CT molecular complexity index is 418. The zero-order valence-corrected chi connectivity index (χ0v) is 15.5. The zero-order valence-electron chi connectivity index (χ0n) is 13.9. The van der Waals surface area contributed by atoms with Crippen LogP contribution in [0.4, 0.5) is 0 Å². The normalized spacial score (nSPS) is 25.3. The Labute approximate surface area is 143 Å². The molecule has 1 aromatic rings. The van der Waals surface area contributed by atoms with E-state index in [9.17, 15) is 0 Å². The minimum atomic E-state index is -0.205. The Morgan fingerprint density at radius 2 is 1.73 bits per heavy atom. The maximum Gasteiger partial charge on any atom is 0.184 e. The van der Waals surface area contributed by atoms with Gasteiger partial charge < -0.3 is 9.47 Å². The van der Waals surface area contributed by atoms with Gasteiger partial charge in [-0.15, -0.1) is 0 Å². The number of hydrogen-bond acceptors (Lipinski definition) is 2. The largest absolute Gasteiger partial charge is 0.348 e. The maximum atomic E-state index is 6.08. The standard InChI is InChI=1S/C19H29BrO2/c1-3-4-5-6-7-8-9-17-14-21-19(22-15(17)2)16-10-12-18(20)13-11-16/h10-13,15,17,19H,3-9,14H2,1-2H3. The number of unbranched alkanes of at least 4 members (excludes halogenated alkanes) is 5. The molecule has 124 valence electrons. The van der Waals surface area contributed by atoms with Crippen molar-refractivity contribution in [2.45, 2.75) is 71.2 Å². The van der Waals surface area contributed by atoms with Crippen LogP contribution in [-0.2, 0) is 9.47 Å². The van der Waals surface area contributed by atoms with E-state index >= 15 is 0 Å². The molecule has 0 aliphatic carbocycles. The molecule has 1 saturated heterocycles. The summed E-state index contributed by atoms with van der Waals surface area (Å²) in [5, 5.41) is 0. The van der Waals surface area contributed by atoms with E-state index in [1.54, 1.807) is 0 Å². The molecule has 0 spiro atoms. The van der Waals surface area contributed by atoms with Crippen LogP contribution in [0.5, 0.6) is 0 Å². The third-order valence-corrected chi connectivity index (χ3v) is 5.06. The Kier molecular flexibility index (Phi) is 7.91. The lowest BCUT2D eigenvalue weighted by atomic mass is 9.95. The lowest BCUT2D eigenvalue weighted by Gasteiger charge is -2.35. The van der Waals surface area contributed by atoms with Crippen LogP contribution in [0.1, 0.15) is 70.6 Å². The van der Waals surface area contributed by atoms with Crippen molar-refractivity contribution in [2.24, 2.45) is 5.92 Å². The van der Waals surface area contributed by atoms with E-state index in [0.717, 1.165) is 16.6 Å². The van der Waals surface area contributed by atoms with Gasteiger partial charge in [-0.3, -0.25) is 0 Å². The molecule has 3 atom stereocenters. The number of ether oxygens (including phenoxy) is 2. The topological polar surface area (TPSA) is 18.5 Å². The van der Waals surface area contributed by atoms with Crippen molar-refractivity contribution in [2.75, 3.05) is 6.61 Å². The molecule has 0 saturated carbocycles. The second-order valence-corrected chi connectivity index (χ2v) is 7.29. The minimum Gasteiger partial charge on any atom is -0.348 e. The summed E-state index contributed by atoms with van der Waals surface area (Å²) in [4.78, 5) is 0. The van der Waals surface area contributed by atoms with Gasteiger partial charge in [0.25, 0.3) is 0 Å². The summed E-state index contributed by atoms with van der Waals surface area (Å²) in [5.74, 6) is 0.540. The third kappa shape index (κ3) is 5.68. The fourth-order valence-corrected chi connectivity index (χ4v) is 3.26. The summed E-state index contributed by atoms with van der Waals surface area (Å²) in [7, 11) is 0. The van der Waals surface area contributed by atoms with Gasteiger partial charge in [-0.2, -0.15) is 0 Å². The first kappa shape index (κ1) is 18.0. The second kappa shape index (κ2) is 9.69. The van der Waals surface area contributed by atoms with Crippen LogP contribution in [0.2, 0.25) is 0 Å². The lowest BCUT2D eigenvalue weighted by molar-refractivity contribution is -0.237. The number of hydrogen-bond donors (Lipinski definition) is 0. The van der Waals surface area contributed by atoms with Gasteiger partial charge in [0.1, 0.15) is 0 Å². The number of benzene rings is 1. The predicted octanol–water partition coefficient (Wildman–Crippen LogP) is 6.25. The summed E-state index contributed by atoms with van der Waals surface area (Å²) in [6.45, 7) is 5.27. The first-order valence-corrected chi connectivity index (χ1v) is 9.52. The van der Waals surface area contributed by atoms with Crippen molar-refractivity contribution in [3.8, 4) is 0 Å². The van der Waals surface area contributed by atoms with Gasteiger partial charge in [0, 0.05) is 16.0 Å². The Morgan fingerprint density at radius 1 is 1.05 bits per heavy atom. The molecule has 1 aliphatic heterocycles. The first-order valence-electron chi connectivity index (χ1n) is 8.73. The van der Waals surface area contributed by atoms with Gasteiger partial charge in [0.2, 0.25) is 0 Å². The lowest BCUT2D eigenvalue weighted by Crippen LogP contribution is -2.34. The fraction of sp³-hybridized carbons (Fsp3) is 0.684. The van der Waals surface area contributed by atoms with Crippen LogP contribution in [0.15, 0.2) is 28.7 Å². The molecule has 1 heterocycles.